The fraction of sp³-hybridized carbons (Fsp3) is 0.833. The molecule has 0 aromatic heterocycles. The highest BCUT2D eigenvalue weighted by Crippen LogP contribution is 2.69. The van der Waals surface area contributed by atoms with E-state index in [9.17, 15) is 18.0 Å². The van der Waals surface area contributed by atoms with Gasteiger partial charge in [-0.05, 0) is 42.9 Å². The number of carbonyl (C=O) groups is 1. The minimum Gasteiger partial charge on any atom is -0.304 e. The molecule has 1 aliphatic heterocycles. The minimum atomic E-state index is -4.50. The lowest BCUT2D eigenvalue weighted by atomic mass is 10.0. The van der Waals surface area contributed by atoms with E-state index < -0.39 is 17.3 Å². The van der Waals surface area contributed by atoms with Crippen LogP contribution < -0.4 is 5.32 Å². The number of hydrogen-bond donors (Lipinski definition) is 1. The Balaban J connectivity index is 1.49. The number of hydrogen-bond acceptors (Lipinski definition) is 3. The number of fused-ring (bicyclic) bond motifs is 1. The number of alkyl halides is 3. The molecule has 4 rings (SSSR count). The van der Waals surface area contributed by atoms with Gasteiger partial charge in [-0.15, -0.1) is 0 Å². The normalized spacial score (nSPS) is 49.6. The number of aliphatic imine (C=N–C) groups is 1. The van der Waals surface area contributed by atoms with Gasteiger partial charge in [0.05, 0.1) is 6.04 Å². The van der Waals surface area contributed by atoms with Gasteiger partial charge in [0.25, 0.3) is 0 Å². The maximum atomic E-state index is 12.6. The van der Waals surface area contributed by atoms with Crippen molar-refractivity contribution in [1.82, 2.24) is 5.32 Å². The summed E-state index contributed by atoms with van der Waals surface area (Å²) in [7, 11) is 0. The van der Waals surface area contributed by atoms with E-state index in [0.29, 0.717) is 17.7 Å². The molecule has 1 N–H and O–H groups in total. The van der Waals surface area contributed by atoms with Crippen molar-refractivity contribution < 1.29 is 18.0 Å². The van der Waals surface area contributed by atoms with Crippen molar-refractivity contribution in [2.24, 2.45) is 28.7 Å². The zero-order valence-corrected chi connectivity index (χ0v) is 10.8. The third-order valence-electron chi connectivity index (χ3n) is 4.97. The first kappa shape index (κ1) is 12.1. The first-order valence-corrected chi connectivity index (χ1v) is 7.45. The summed E-state index contributed by atoms with van der Waals surface area (Å²) in [6.45, 7) is 0. The van der Waals surface area contributed by atoms with Gasteiger partial charge in [0.1, 0.15) is 0 Å². The maximum Gasteiger partial charge on any atom is 0.409 e. The molecule has 3 saturated carbocycles. The van der Waals surface area contributed by atoms with Crippen molar-refractivity contribution in [2.45, 2.75) is 36.7 Å². The first-order chi connectivity index (χ1) is 8.95. The molecule has 0 spiro atoms. The first-order valence-electron chi connectivity index (χ1n) is 6.57. The Morgan fingerprint density at radius 1 is 1.26 bits per heavy atom. The number of nitrogens with one attached hydrogen (secondary N) is 1. The molecule has 1 saturated heterocycles. The van der Waals surface area contributed by atoms with Crippen molar-refractivity contribution in [1.29, 1.82) is 0 Å². The van der Waals surface area contributed by atoms with Gasteiger partial charge in [-0.3, -0.25) is 9.79 Å². The average Bonchev–Trinajstić information content (AvgIpc) is 2.58. The molecule has 3 aliphatic carbocycles. The van der Waals surface area contributed by atoms with E-state index in [4.69, 9.17) is 0 Å². The second-order valence-electron chi connectivity index (χ2n) is 5.92. The van der Waals surface area contributed by atoms with Gasteiger partial charge in [0.2, 0.25) is 5.91 Å². The van der Waals surface area contributed by atoms with Crippen molar-refractivity contribution >= 4 is 22.8 Å². The van der Waals surface area contributed by atoms with Gasteiger partial charge in [-0.25, -0.2) is 0 Å². The van der Waals surface area contributed by atoms with Crippen molar-refractivity contribution in [3.63, 3.8) is 0 Å². The molecule has 7 heteroatoms. The van der Waals surface area contributed by atoms with Crippen LogP contribution >= 0.6 is 11.8 Å². The lowest BCUT2D eigenvalue weighted by Crippen LogP contribution is -2.35. The van der Waals surface area contributed by atoms with Crippen LogP contribution in [0.2, 0.25) is 0 Å². The molecule has 0 aromatic rings. The zero-order chi connectivity index (χ0) is 13.4. The van der Waals surface area contributed by atoms with Crippen LogP contribution in [-0.4, -0.2) is 28.5 Å². The van der Waals surface area contributed by atoms with E-state index in [1.807, 2.05) is 0 Å². The van der Waals surface area contributed by atoms with Gasteiger partial charge in [-0.2, -0.15) is 13.2 Å². The van der Waals surface area contributed by atoms with E-state index >= 15 is 0 Å². The summed E-state index contributed by atoms with van der Waals surface area (Å²) in [6.07, 6.45) is -1.00. The summed E-state index contributed by atoms with van der Waals surface area (Å²) in [5.74, 6) is 1.85. The standard InChI is InChI=1S/C12H13F3N2OS/c13-12(14,15)9-10(18)17-11(19-9)16-6-3-4-1-2-5-7(4)8(5)6/h4-9H,1-3H2,(H,16,17,18). The fourth-order valence-corrected chi connectivity index (χ4v) is 5.17. The van der Waals surface area contributed by atoms with E-state index in [1.165, 1.54) is 12.8 Å². The molecule has 104 valence electrons. The Hall–Kier alpha value is -0.720. The van der Waals surface area contributed by atoms with Crippen LogP contribution in [0.3, 0.4) is 0 Å². The quantitative estimate of drug-likeness (QED) is 0.804. The molecule has 0 bridgehead atoms. The minimum absolute atomic E-state index is 0.136. The van der Waals surface area contributed by atoms with Gasteiger partial charge < -0.3 is 5.32 Å². The molecule has 19 heavy (non-hydrogen) atoms. The van der Waals surface area contributed by atoms with Crippen molar-refractivity contribution in [2.75, 3.05) is 0 Å². The lowest BCUT2D eigenvalue weighted by Gasteiger charge is -2.10. The number of carbonyl (C=O) groups excluding carboxylic acids is 1. The molecule has 6 unspecified atom stereocenters. The Labute approximate surface area is 112 Å². The van der Waals surface area contributed by atoms with E-state index in [0.717, 1.165) is 24.2 Å². The number of halogens is 3. The van der Waals surface area contributed by atoms with Gasteiger partial charge >= 0.3 is 6.18 Å². The van der Waals surface area contributed by atoms with Crippen LogP contribution in [0.15, 0.2) is 4.99 Å². The van der Waals surface area contributed by atoms with Crippen LogP contribution in [0.25, 0.3) is 0 Å². The topological polar surface area (TPSA) is 41.5 Å². The third-order valence-corrected chi connectivity index (χ3v) is 6.12. The number of nitrogens with zero attached hydrogens (tertiary/aromatic N) is 1. The Morgan fingerprint density at radius 3 is 2.63 bits per heavy atom. The Bertz CT molecular complexity index is 478. The number of amides is 1. The fourth-order valence-electron chi connectivity index (χ4n) is 4.29. The predicted molar refractivity (Wildman–Crippen MR) is 64.6 cm³/mol. The molecular formula is C12H13F3N2OS. The molecule has 3 nitrogen and oxygen atoms in total. The molecule has 6 atom stereocenters. The van der Waals surface area contributed by atoms with Crippen LogP contribution in [0.5, 0.6) is 0 Å². The molecule has 0 aromatic carbocycles. The lowest BCUT2D eigenvalue weighted by molar-refractivity contribution is -0.148. The summed E-state index contributed by atoms with van der Waals surface area (Å²) in [4.78, 5) is 15.7. The van der Waals surface area contributed by atoms with E-state index in [-0.39, 0.29) is 11.2 Å². The number of amidine groups is 1. The second-order valence-corrected chi connectivity index (χ2v) is 7.02. The maximum absolute atomic E-state index is 12.6. The second kappa shape index (κ2) is 3.68. The summed E-state index contributed by atoms with van der Waals surface area (Å²) in [6, 6.07) is 0.136. The van der Waals surface area contributed by atoms with E-state index in [1.54, 1.807) is 0 Å². The van der Waals surface area contributed by atoms with Gasteiger partial charge in [0.15, 0.2) is 10.4 Å². The zero-order valence-electron chi connectivity index (χ0n) is 9.98. The average molecular weight is 290 g/mol. The third kappa shape index (κ3) is 1.73. The molecular weight excluding hydrogens is 277 g/mol. The van der Waals surface area contributed by atoms with Crippen LogP contribution in [0.1, 0.15) is 19.3 Å². The molecule has 4 fully saturated rings. The monoisotopic (exact) mass is 290 g/mol. The van der Waals surface area contributed by atoms with Crippen LogP contribution in [0.4, 0.5) is 13.2 Å². The van der Waals surface area contributed by atoms with Crippen LogP contribution in [0, 0.1) is 23.7 Å². The van der Waals surface area contributed by atoms with E-state index in [2.05, 4.69) is 10.3 Å². The highest BCUT2D eigenvalue weighted by Gasteiger charge is 2.65. The van der Waals surface area contributed by atoms with Crippen molar-refractivity contribution in [3.8, 4) is 0 Å². The van der Waals surface area contributed by atoms with Crippen LogP contribution in [-0.2, 0) is 4.79 Å². The summed E-state index contributed by atoms with van der Waals surface area (Å²) in [5.41, 5.74) is 0. The highest BCUT2D eigenvalue weighted by atomic mass is 32.2. The highest BCUT2D eigenvalue weighted by molar-refractivity contribution is 8.15. The molecule has 1 heterocycles. The number of thioether (sulfide) groups is 1. The van der Waals surface area contributed by atoms with Gasteiger partial charge in [-0.1, -0.05) is 11.8 Å². The Morgan fingerprint density at radius 2 is 2.05 bits per heavy atom. The Kier molecular flexibility index (Phi) is 2.33. The summed E-state index contributed by atoms with van der Waals surface area (Å²) < 4.78 is 37.7. The number of rotatable bonds is 1. The largest absolute Gasteiger partial charge is 0.409 e. The predicted octanol–water partition coefficient (Wildman–Crippen LogP) is 2.18. The molecule has 4 aliphatic rings. The smallest absolute Gasteiger partial charge is 0.304 e. The molecule has 1 amide bonds. The summed E-state index contributed by atoms with van der Waals surface area (Å²) >= 11 is 0.520. The molecule has 0 radical (unpaired) electrons. The summed E-state index contributed by atoms with van der Waals surface area (Å²) in [5, 5.41) is 0.464. The van der Waals surface area contributed by atoms with Gasteiger partial charge in [0, 0.05) is 0 Å². The van der Waals surface area contributed by atoms with Crippen molar-refractivity contribution in [3.05, 3.63) is 0 Å². The SMILES string of the molecule is O=C1NC(=NC2CC3CCC4C3C24)SC1C(F)(F)F.